The van der Waals surface area contributed by atoms with Crippen LogP contribution < -0.4 is 14.8 Å². The van der Waals surface area contributed by atoms with Crippen molar-refractivity contribution in [3.63, 3.8) is 0 Å². The van der Waals surface area contributed by atoms with Gasteiger partial charge in [0.2, 0.25) is 0 Å². The quantitative estimate of drug-likeness (QED) is 0.910. The molecule has 0 spiro atoms. The SMILES string of the molecule is CCOc1cc2c(cc1CNC(=O)c1cccc(C#N)c1)O[C@@H](C)C2. The number of amides is 1. The highest BCUT2D eigenvalue weighted by atomic mass is 16.5. The number of ether oxygens (including phenoxy) is 2. The maximum atomic E-state index is 12.3. The molecule has 0 bridgehead atoms. The minimum absolute atomic E-state index is 0.156. The number of benzene rings is 2. The lowest BCUT2D eigenvalue weighted by Gasteiger charge is -2.13. The van der Waals surface area contributed by atoms with Gasteiger partial charge in [-0.2, -0.15) is 5.26 Å². The molecule has 1 aliphatic rings. The Labute approximate surface area is 147 Å². The van der Waals surface area contributed by atoms with Gasteiger partial charge in [0.25, 0.3) is 5.91 Å². The molecule has 1 amide bonds. The smallest absolute Gasteiger partial charge is 0.251 e. The van der Waals surface area contributed by atoms with Crippen molar-refractivity contribution in [2.75, 3.05) is 6.61 Å². The summed E-state index contributed by atoms with van der Waals surface area (Å²) in [5.74, 6) is 1.39. The molecule has 1 N–H and O–H groups in total. The van der Waals surface area contributed by atoms with Crippen LogP contribution >= 0.6 is 0 Å². The van der Waals surface area contributed by atoms with Crippen molar-refractivity contribution in [2.45, 2.75) is 32.9 Å². The van der Waals surface area contributed by atoms with Crippen LogP contribution in [0.3, 0.4) is 0 Å². The van der Waals surface area contributed by atoms with Gasteiger partial charge >= 0.3 is 0 Å². The van der Waals surface area contributed by atoms with Crippen LogP contribution in [0.5, 0.6) is 11.5 Å². The van der Waals surface area contributed by atoms with E-state index in [4.69, 9.17) is 14.7 Å². The van der Waals surface area contributed by atoms with Crippen molar-refractivity contribution < 1.29 is 14.3 Å². The molecule has 0 saturated heterocycles. The van der Waals surface area contributed by atoms with Crippen molar-refractivity contribution >= 4 is 5.91 Å². The van der Waals surface area contributed by atoms with E-state index in [0.717, 1.165) is 29.0 Å². The van der Waals surface area contributed by atoms with Crippen LogP contribution in [0.2, 0.25) is 0 Å². The Kier molecular flexibility index (Phi) is 4.90. The van der Waals surface area contributed by atoms with Gasteiger partial charge in [-0.3, -0.25) is 4.79 Å². The number of nitrogens with zero attached hydrogens (tertiary/aromatic N) is 1. The zero-order valence-electron chi connectivity index (χ0n) is 14.3. The monoisotopic (exact) mass is 336 g/mol. The first-order chi connectivity index (χ1) is 12.1. The topological polar surface area (TPSA) is 71.3 Å². The molecule has 0 saturated carbocycles. The van der Waals surface area contributed by atoms with Crippen molar-refractivity contribution in [3.8, 4) is 17.6 Å². The van der Waals surface area contributed by atoms with E-state index in [1.807, 2.05) is 32.0 Å². The molecule has 1 atom stereocenters. The minimum Gasteiger partial charge on any atom is -0.494 e. The van der Waals surface area contributed by atoms with Gasteiger partial charge in [-0.1, -0.05) is 6.07 Å². The van der Waals surface area contributed by atoms with Crippen LogP contribution in [0.1, 0.15) is 40.9 Å². The molecule has 25 heavy (non-hydrogen) atoms. The van der Waals surface area contributed by atoms with E-state index >= 15 is 0 Å². The summed E-state index contributed by atoms with van der Waals surface area (Å²) in [5.41, 5.74) is 2.93. The summed E-state index contributed by atoms with van der Waals surface area (Å²) < 4.78 is 11.5. The van der Waals surface area contributed by atoms with E-state index in [1.54, 1.807) is 24.3 Å². The highest BCUT2D eigenvalue weighted by Gasteiger charge is 2.22. The number of hydrogen-bond acceptors (Lipinski definition) is 4. The Morgan fingerprint density at radius 3 is 3.00 bits per heavy atom. The fourth-order valence-corrected chi connectivity index (χ4v) is 2.92. The first-order valence-corrected chi connectivity index (χ1v) is 8.34. The van der Waals surface area contributed by atoms with Crippen LogP contribution in [0.25, 0.3) is 0 Å². The molecular weight excluding hydrogens is 316 g/mol. The third-order valence-corrected chi connectivity index (χ3v) is 4.07. The lowest BCUT2D eigenvalue weighted by atomic mass is 10.1. The lowest BCUT2D eigenvalue weighted by molar-refractivity contribution is 0.0950. The summed E-state index contributed by atoms with van der Waals surface area (Å²) in [6.07, 6.45) is 1.02. The standard InChI is InChI=1S/C20H20N2O3/c1-3-24-18-9-16-7-13(2)25-19(16)10-17(18)12-22-20(23)15-6-4-5-14(8-15)11-21/h4-6,8-10,13H,3,7,12H2,1-2H3,(H,22,23)/t13-/m0/s1. The Balaban J connectivity index is 1.77. The minimum atomic E-state index is -0.227. The number of fused-ring (bicyclic) bond motifs is 1. The first-order valence-electron chi connectivity index (χ1n) is 8.34. The summed E-state index contributed by atoms with van der Waals surface area (Å²) in [5, 5.41) is 11.8. The van der Waals surface area contributed by atoms with Gasteiger partial charge in [-0.15, -0.1) is 0 Å². The molecule has 1 heterocycles. The van der Waals surface area contributed by atoms with Gasteiger partial charge in [0.05, 0.1) is 18.2 Å². The summed E-state index contributed by atoms with van der Waals surface area (Å²) in [6.45, 7) is 4.85. The van der Waals surface area contributed by atoms with Gasteiger partial charge in [-0.05, 0) is 44.2 Å². The van der Waals surface area contributed by atoms with Gasteiger partial charge in [0.15, 0.2) is 0 Å². The summed E-state index contributed by atoms with van der Waals surface area (Å²) in [4.78, 5) is 12.3. The molecule has 3 rings (SSSR count). The molecule has 2 aromatic carbocycles. The molecule has 5 nitrogen and oxygen atoms in total. The van der Waals surface area contributed by atoms with Gasteiger partial charge < -0.3 is 14.8 Å². The molecule has 0 radical (unpaired) electrons. The molecular formula is C20H20N2O3. The lowest BCUT2D eigenvalue weighted by Crippen LogP contribution is -2.23. The molecule has 0 aromatic heterocycles. The van der Waals surface area contributed by atoms with E-state index in [2.05, 4.69) is 5.32 Å². The van der Waals surface area contributed by atoms with Crippen LogP contribution in [0.15, 0.2) is 36.4 Å². The highest BCUT2D eigenvalue weighted by molar-refractivity contribution is 5.94. The Hall–Kier alpha value is -3.00. The van der Waals surface area contributed by atoms with E-state index < -0.39 is 0 Å². The maximum Gasteiger partial charge on any atom is 0.251 e. The predicted octanol–water partition coefficient (Wildman–Crippen LogP) is 3.21. The summed E-state index contributed by atoms with van der Waals surface area (Å²) in [6, 6.07) is 12.6. The average molecular weight is 336 g/mol. The van der Waals surface area contributed by atoms with Crippen molar-refractivity contribution in [1.29, 1.82) is 5.26 Å². The Morgan fingerprint density at radius 1 is 1.40 bits per heavy atom. The number of rotatable bonds is 5. The number of carbonyl (C=O) groups is 1. The third kappa shape index (κ3) is 3.74. The largest absolute Gasteiger partial charge is 0.494 e. The van der Waals surface area contributed by atoms with Crippen LogP contribution in [-0.2, 0) is 13.0 Å². The van der Waals surface area contributed by atoms with Gasteiger partial charge in [0, 0.05) is 29.7 Å². The maximum absolute atomic E-state index is 12.3. The predicted molar refractivity (Wildman–Crippen MR) is 93.7 cm³/mol. The second-order valence-electron chi connectivity index (χ2n) is 6.01. The third-order valence-electron chi connectivity index (χ3n) is 4.07. The summed E-state index contributed by atoms with van der Waals surface area (Å²) >= 11 is 0. The molecule has 0 fully saturated rings. The van der Waals surface area contributed by atoms with E-state index in [9.17, 15) is 4.79 Å². The summed E-state index contributed by atoms with van der Waals surface area (Å²) in [7, 11) is 0. The van der Waals surface area contributed by atoms with Crippen molar-refractivity contribution in [2.24, 2.45) is 0 Å². The van der Waals surface area contributed by atoms with Gasteiger partial charge in [-0.25, -0.2) is 0 Å². The second-order valence-corrected chi connectivity index (χ2v) is 6.01. The molecule has 5 heteroatoms. The molecule has 128 valence electrons. The first kappa shape index (κ1) is 16.8. The van der Waals surface area contributed by atoms with Crippen molar-refractivity contribution in [1.82, 2.24) is 5.32 Å². The zero-order chi connectivity index (χ0) is 17.8. The van der Waals surface area contributed by atoms with Crippen LogP contribution in [-0.4, -0.2) is 18.6 Å². The molecule has 0 unspecified atom stereocenters. The molecule has 0 aliphatic carbocycles. The zero-order valence-corrected chi connectivity index (χ0v) is 14.3. The van der Waals surface area contributed by atoms with E-state index in [0.29, 0.717) is 24.3 Å². The van der Waals surface area contributed by atoms with Gasteiger partial charge in [0.1, 0.15) is 17.6 Å². The second kappa shape index (κ2) is 7.27. The Bertz CT molecular complexity index is 839. The number of hydrogen-bond donors (Lipinski definition) is 1. The average Bonchev–Trinajstić information content (AvgIpc) is 2.98. The molecule has 2 aromatic rings. The normalized spacial score (nSPS) is 15.0. The fourth-order valence-electron chi connectivity index (χ4n) is 2.92. The van der Waals surface area contributed by atoms with E-state index in [-0.39, 0.29) is 12.0 Å². The van der Waals surface area contributed by atoms with Crippen LogP contribution in [0, 0.1) is 11.3 Å². The number of carbonyl (C=O) groups excluding carboxylic acids is 1. The number of nitriles is 1. The molecule has 1 aliphatic heterocycles. The van der Waals surface area contributed by atoms with Crippen LogP contribution in [0.4, 0.5) is 0 Å². The van der Waals surface area contributed by atoms with E-state index in [1.165, 1.54) is 0 Å². The number of nitrogens with one attached hydrogen (secondary N) is 1. The Morgan fingerprint density at radius 2 is 2.24 bits per heavy atom. The fraction of sp³-hybridized carbons (Fsp3) is 0.300. The highest BCUT2D eigenvalue weighted by Crippen LogP contribution is 2.35. The van der Waals surface area contributed by atoms with Crippen molar-refractivity contribution in [3.05, 3.63) is 58.7 Å².